The van der Waals surface area contributed by atoms with Crippen molar-refractivity contribution in [1.82, 2.24) is 0 Å². The van der Waals surface area contributed by atoms with Crippen LogP contribution in [0.5, 0.6) is 0 Å². The molecule has 1 aliphatic carbocycles. The summed E-state index contributed by atoms with van der Waals surface area (Å²) in [6.45, 7) is -0.353. The Morgan fingerprint density at radius 1 is 1.30 bits per heavy atom. The molecule has 6 heteroatoms. The molecule has 0 heterocycles. The summed E-state index contributed by atoms with van der Waals surface area (Å²) in [5, 5.41) is 15.8. The standard InChI is InChI=1S/C4H8O6/c5-7-2-8-10-4-1-3(4)9-6/h3-6H,1-2H2. The second-order valence-electron chi connectivity index (χ2n) is 1.88. The summed E-state index contributed by atoms with van der Waals surface area (Å²) in [5.41, 5.74) is 0. The molecule has 0 aromatic heterocycles. The fourth-order valence-electron chi connectivity index (χ4n) is 0.499. The van der Waals surface area contributed by atoms with Crippen molar-refractivity contribution in [3.8, 4) is 0 Å². The van der Waals surface area contributed by atoms with Crippen LogP contribution < -0.4 is 0 Å². The van der Waals surface area contributed by atoms with Crippen LogP contribution in [0.15, 0.2) is 0 Å². The minimum Gasteiger partial charge on any atom is -0.251 e. The molecular formula is C4H8O6. The highest BCUT2D eigenvalue weighted by Crippen LogP contribution is 2.27. The summed E-state index contributed by atoms with van der Waals surface area (Å²) in [4.78, 5) is 16.2. The second kappa shape index (κ2) is 3.81. The minimum atomic E-state index is -0.353. The predicted octanol–water partition coefficient (Wildman–Crippen LogP) is 0.0122. The van der Waals surface area contributed by atoms with E-state index in [2.05, 4.69) is 19.6 Å². The molecule has 1 rings (SSSR count). The molecule has 0 amide bonds. The van der Waals surface area contributed by atoms with E-state index in [0.29, 0.717) is 6.42 Å². The summed E-state index contributed by atoms with van der Waals surface area (Å²) in [5.74, 6) is 0. The number of rotatable bonds is 5. The van der Waals surface area contributed by atoms with Crippen molar-refractivity contribution in [2.45, 2.75) is 18.6 Å². The van der Waals surface area contributed by atoms with E-state index >= 15 is 0 Å². The Labute approximate surface area is 56.7 Å². The van der Waals surface area contributed by atoms with Gasteiger partial charge in [0.25, 0.3) is 0 Å². The third-order valence-corrected chi connectivity index (χ3v) is 1.10. The van der Waals surface area contributed by atoms with E-state index < -0.39 is 0 Å². The highest BCUT2D eigenvalue weighted by molar-refractivity contribution is 4.87. The molecule has 1 fully saturated rings. The van der Waals surface area contributed by atoms with Gasteiger partial charge in [-0.05, 0) is 0 Å². The first kappa shape index (κ1) is 7.86. The van der Waals surface area contributed by atoms with Gasteiger partial charge in [-0.1, -0.05) is 0 Å². The first-order chi connectivity index (χ1) is 4.88. The Kier molecular flexibility index (Phi) is 3.00. The smallest absolute Gasteiger partial charge is 0.214 e. The lowest BCUT2D eigenvalue weighted by molar-refractivity contribution is -0.412. The van der Waals surface area contributed by atoms with Crippen molar-refractivity contribution in [3.63, 3.8) is 0 Å². The van der Waals surface area contributed by atoms with Gasteiger partial charge in [0.1, 0.15) is 12.2 Å². The van der Waals surface area contributed by atoms with Crippen LogP contribution in [-0.4, -0.2) is 29.5 Å². The van der Waals surface area contributed by atoms with Crippen LogP contribution in [0.2, 0.25) is 0 Å². The fourth-order valence-corrected chi connectivity index (χ4v) is 0.499. The highest BCUT2D eigenvalue weighted by Gasteiger charge is 2.41. The van der Waals surface area contributed by atoms with Crippen LogP contribution in [-0.2, 0) is 19.6 Å². The Morgan fingerprint density at radius 3 is 2.60 bits per heavy atom. The van der Waals surface area contributed by atoms with E-state index in [9.17, 15) is 0 Å². The molecule has 1 aliphatic rings. The summed E-state index contributed by atoms with van der Waals surface area (Å²) in [7, 11) is 0. The maximum absolute atomic E-state index is 8.02. The van der Waals surface area contributed by atoms with Crippen molar-refractivity contribution < 1.29 is 30.1 Å². The van der Waals surface area contributed by atoms with Crippen molar-refractivity contribution in [1.29, 1.82) is 0 Å². The molecular weight excluding hydrogens is 144 g/mol. The molecule has 0 saturated heterocycles. The second-order valence-corrected chi connectivity index (χ2v) is 1.88. The summed E-state index contributed by atoms with van der Waals surface area (Å²) in [6, 6.07) is 0. The molecule has 0 aliphatic heterocycles. The maximum Gasteiger partial charge on any atom is 0.214 e. The van der Waals surface area contributed by atoms with Gasteiger partial charge >= 0.3 is 0 Å². The molecule has 1 saturated carbocycles. The van der Waals surface area contributed by atoms with Crippen LogP contribution in [0.1, 0.15) is 6.42 Å². The van der Waals surface area contributed by atoms with Crippen LogP contribution >= 0.6 is 0 Å². The van der Waals surface area contributed by atoms with Gasteiger partial charge in [0.2, 0.25) is 6.79 Å². The van der Waals surface area contributed by atoms with Gasteiger partial charge in [-0.25, -0.2) is 24.8 Å². The van der Waals surface area contributed by atoms with Gasteiger partial charge in [-0.15, -0.1) is 0 Å². The molecule has 2 unspecified atom stereocenters. The van der Waals surface area contributed by atoms with E-state index in [1.54, 1.807) is 0 Å². The van der Waals surface area contributed by atoms with Crippen molar-refractivity contribution in [2.75, 3.05) is 6.79 Å². The van der Waals surface area contributed by atoms with Crippen molar-refractivity contribution in [2.24, 2.45) is 0 Å². The fraction of sp³-hybridized carbons (Fsp3) is 1.00. The minimum absolute atomic E-state index is 0.250. The van der Waals surface area contributed by atoms with Crippen LogP contribution in [0.3, 0.4) is 0 Å². The van der Waals surface area contributed by atoms with Gasteiger partial charge in [-0.3, -0.25) is 5.26 Å². The van der Waals surface area contributed by atoms with Gasteiger partial charge < -0.3 is 0 Å². The van der Waals surface area contributed by atoms with Crippen LogP contribution in [0, 0.1) is 0 Å². The van der Waals surface area contributed by atoms with Crippen LogP contribution in [0.4, 0.5) is 0 Å². The van der Waals surface area contributed by atoms with Gasteiger partial charge in [-0.2, -0.15) is 0 Å². The molecule has 10 heavy (non-hydrogen) atoms. The lowest BCUT2D eigenvalue weighted by atomic mass is 10.8. The molecule has 2 atom stereocenters. The average molecular weight is 152 g/mol. The number of hydrogen-bond donors (Lipinski definition) is 2. The third-order valence-electron chi connectivity index (χ3n) is 1.10. The molecule has 0 bridgehead atoms. The first-order valence-corrected chi connectivity index (χ1v) is 2.73. The first-order valence-electron chi connectivity index (χ1n) is 2.73. The van der Waals surface area contributed by atoms with Crippen molar-refractivity contribution in [3.05, 3.63) is 0 Å². The monoisotopic (exact) mass is 152 g/mol. The predicted molar refractivity (Wildman–Crippen MR) is 26.7 cm³/mol. The lowest BCUT2D eigenvalue weighted by Gasteiger charge is -1.98. The molecule has 0 aromatic rings. The molecule has 0 aromatic carbocycles. The van der Waals surface area contributed by atoms with Crippen molar-refractivity contribution >= 4 is 0 Å². The zero-order valence-electron chi connectivity index (χ0n) is 5.10. The van der Waals surface area contributed by atoms with Gasteiger partial charge in [0.15, 0.2) is 0 Å². The van der Waals surface area contributed by atoms with Gasteiger partial charge in [0.05, 0.1) is 0 Å². The summed E-state index contributed by atoms with van der Waals surface area (Å²) >= 11 is 0. The lowest BCUT2D eigenvalue weighted by Crippen LogP contribution is -2.04. The van der Waals surface area contributed by atoms with E-state index in [4.69, 9.17) is 10.5 Å². The largest absolute Gasteiger partial charge is 0.251 e. The maximum atomic E-state index is 8.02. The zero-order valence-corrected chi connectivity index (χ0v) is 5.10. The van der Waals surface area contributed by atoms with E-state index in [1.165, 1.54) is 0 Å². The topological polar surface area (TPSA) is 77.4 Å². The molecule has 0 radical (unpaired) electrons. The van der Waals surface area contributed by atoms with Gasteiger partial charge in [0, 0.05) is 6.42 Å². The number of hydrogen-bond acceptors (Lipinski definition) is 6. The van der Waals surface area contributed by atoms with E-state index in [0.717, 1.165) is 0 Å². The Bertz CT molecular complexity index is 95.7. The summed E-state index contributed by atoms with van der Waals surface area (Å²) < 4.78 is 0. The Balaban J connectivity index is 1.87. The Morgan fingerprint density at radius 2 is 2.10 bits per heavy atom. The van der Waals surface area contributed by atoms with E-state index in [-0.39, 0.29) is 19.0 Å². The summed E-state index contributed by atoms with van der Waals surface area (Å²) in [6.07, 6.45) is 0.0286. The molecule has 0 spiro atoms. The molecule has 2 N–H and O–H groups in total. The quantitative estimate of drug-likeness (QED) is 0.250. The Hall–Kier alpha value is -0.240. The van der Waals surface area contributed by atoms with Crippen LogP contribution in [0.25, 0.3) is 0 Å². The molecule has 60 valence electrons. The average Bonchev–Trinajstić information content (AvgIpc) is 2.68. The van der Waals surface area contributed by atoms with E-state index in [1.807, 2.05) is 0 Å². The molecule has 6 nitrogen and oxygen atoms in total. The SMILES string of the molecule is OOCOOC1CC1OO. The normalized spacial score (nSPS) is 30.6. The third kappa shape index (κ3) is 2.18. The highest BCUT2D eigenvalue weighted by atomic mass is 17.3. The zero-order chi connectivity index (χ0) is 7.40.